The van der Waals surface area contributed by atoms with Gasteiger partial charge in [0.25, 0.3) is 5.91 Å². The Kier molecular flexibility index (Phi) is 7.69. The minimum atomic E-state index is -0.154. The van der Waals surface area contributed by atoms with Crippen LogP contribution < -0.4 is 4.74 Å². The number of methoxy groups -OCH3 is 1. The largest absolute Gasteiger partial charge is 0.497 e. The summed E-state index contributed by atoms with van der Waals surface area (Å²) < 4.78 is 5.59. The molecule has 34 heavy (non-hydrogen) atoms. The van der Waals surface area contributed by atoms with Gasteiger partial charge < -0.3 is 9.64 Å². The topological polar surface area (TPSA) is 32.8 Å². The predicted molar refractivity (Wildman–Crippen MR) is 138 cm³/mol. The van der Waals surface area contributed by atoms with Crippen molar-refractivity contribution in [3.05, 3.63) is 101 Å². The van der Waals surface area contributed by atoms with E-state index in [9.17, 15) is 4.79 Å². The summed E-state index contributed by atoms with van der Waals surface area (Å²) in [5.41, 5.74) is 4.47. The van der Waals surface area contributed by atoms with Gasteiger partial charge in [0.1, 0.15) is 5.75 Å². The van der Waals surface area contributed by atoms with Crippen molar-refractivity contribution < 1.29 is 9.53 Å². The lowest BCUT2D eigenvalue weighted by Gasteiger charge is -2.44. The van der Waals surface area contributed by atoms with Gasteiger partial charge in [-0.05, 0) is 74.2 Å². The van der Waals surface area contributed by atoms with Crippen molar-refractivity contribution in [3.63, 3.8) is 0 Å². The summed E-state index contributed by atoms with van der Waals surface area (Å²) in [7, 11) is 1.72. The van der Waals surface area contributed by atoms with Crippen LogP contribution in [0.5, 0.6) is 5.75 Å². The van der Waals surface area contributed by atoms with Crippen LogP contribution in [-0.2, 0) is 12.0 Å². The molecule has 0 radical (unpaired) electrons. The molecular formula is C30H36N2O2. The molecule has 1 unspecified atom stereocenters. The summed E-state index contributed by atoms with van der Waals surface area (Å²) in [4.78, 5) is 17.3. The molecule has 0 N–H and O–H groups in total. The molecule has 1 heterocycles. The van der Waals surface area contributed by atoms with Gasteiger partial charge in [-0.2, -0.15) is 0 Å². The molecule has 0 aliphatic carbocycles. The van der Waals surface area contributed by atoms with E-state index in [2.05, 4.69) is 65.6 Å². The molecule has 1 atom stereocenters. The van der Waals surface area contributed by atoms with Crippen LogP contribution in [-0.4, -0.2) is 49.0 Å². The van der Waals surface area contributed by atoms with Gasteiger partial charge in [0.15, 0.2) is 0 Å². The van der Waals surface area contributed by atoms with Crippen LogP contribution in [0.15, 0.2) is 78.9 Å². The van der Waals surface area contributed by atoms with Crippen molar-refractivity contribution in [2.24, 2.45) is 0 Å². The quantitative estimate of drug-likeness (QED) is 0.432. The summed E-state index contributed by atoms with van der Waals surface area (Å²) in [6.45, 7) is 8.44. The molecule has 1 fully saturated rings. The maximum Gasteiger partial charge on any atom is 0.253 e. The first-order chi connectivity index (χ1) is 16.6. The normalized spacial score (nSPS) is 18.4. The second-order valence-electron chi connectivity index (χ2n) is 9.17. The highest BCUT2D eigenvalue weighted by Gasteiger charge is 2.39. The fraction of sp³-hybridized carbons (Fsp3) is 0.367. The van der Waals surface area contributed by atoms with E-state index >= 15 is 0 Å². The van der Waals surface area contributed by atoms with E-state index in [0.717, 1.165) is 56.9 Å². The highest BCUT2D eigenvalue weighted by atomic mass is 16.5. The molecular weight excluding hydrogens is 420 g/mol. The van der Waals surface area contributed by atoms with Crippen molar-refractivity contribution in [3.8, 4) is 5.75 Å². The molecule has 178 valence electrons. The lowest BCUT2D eigenvalue weighted by Crippen LogP contribution is -2.46. The van der Waals surface area contributed by atoms with Crippen molar-refractivity contribution in [1.29, 1.82) is 0 Å². The van der Waals surface area contributed by atoms with E-state index in [4.69, 9.17) is 4.74 Å². The fourth-order valence-electron chi connectivity index (χ4n) is 5.30. The highest BCUT2D eigenvalue weighted by molar-refractivity contribution is 5.94. The number of carbonyl (C=O) groups excluding carboxylic acids is 1. The third kappa shape index (κ3) is 5.02. The van der Waals surface area contributed by atoms with Gasteiger partial charge in [-0.15, -0.1) is 0 Å². The molecule has 4 nitrogen and oxygen atoms in total. The highest BCUT2D eigenvalue weighted by Crippen LogP contribution is 2.42. The van der Waals surface area contributed by atoms with Crippen LogP contribution >= 0.6 is 0 Å². The Morgan fingerprint density at radius 3 is 2.35 bits per heavy atom. The average Bonchev–Trinajstić information content (AvgIpc) is 2.90. The maximum absolute atomic E-state index is 12.9. The number of likely N-dealkylation sites (tertiary alicyclic amines) is 1. The molecule has 3 aromatic carbocycles. The standard InChI is InChI=1S/C30H36N2O2/c1-4-32(5-2)29(33)25-15-17-26(18-16-25)30(27-13-9-14-28(21-27)34-3)19-10-20-31(23-30)22-24-11-7-6-8-12-24/h6-9,11-18,21H,4-5,10,19-20,22-23H2,1-3H3. The molecule has 4 rings (SSSR count). The maximum atomic E-state index is 12.9. The minimum absolute atomic E-state index is 0.0985. The third-order valence-corrected chi connectivity index (χ3v) is 7.18. The number of rotatable bonds is 8. The zero-order valence-electron chi connectivity index (χ0n) is 20.7. The second-order valence-corrected chi connectivity index (χ2v) is 9.17. The van der Waals surface area contributed by atoms with Crippen molar-refractivity contribution in [2.45, 2.75) is 38.6 Å². The second kappa shape index (κ2) is 10.9. The van der Waals surface area contributed by atoms with Crippen molar-refractivity contribution >= 4 is 5.91 Å². The zero-order chi connectivity index (χ0) is 24.0. The lowest BCUT2D eigenvalue weighted by atomic mass is 9.69. The molecule has 1 aliphatic rings. The number of piperidine rings is 1. The summed E-state index contributed by atoms with van der Waals surface area (Å²) >= 11 is 0. The molecule has 0 spiro atoms. The first-order valence-electron chi connectivity index (χ1n) is 12.4. The number of amides is 1. The van der Waals surface area contributed by atoms with Crippen LogP contribution in [0.1, 0.15) is 53.7 Å². The molecule has 0 aromatic heterocycles. The molecule has 0 saturated carbocycles. The Morgan fingerprint density at radius 2 is 1.68 bits per heavy atom. The number of hydrogen-bond donors (Lipinski definition) is 0. The average molecular weight is 457 g/mol. The molecule has 1 aliphatic heterocycles. The first kappa shape index (κ1) is 24.0. The lowest BCUT2D eigenvalue weighted by molar-refractivity contribution is 0.0773. The van der Waals surface area contributed by atoms with Crippen LogP contribution in [0.25, 0.3) is 0 Å². The van der Waals surface area contributed by atoms with E-state index in [-0.39, 0.29) is 11.3 Å². The molecule has 0 bridgehead atoms. The monoisotopic (exact) mass is 456 g/mol. The van der Waals surface area contributed by atoms with Gasteiger partial charge in [-0.3, -0.25) is 9.69 Å². The summed E-state index contributed by atoms with van der Waals surface area (Å²) in [6, 6.07) is 27.6. The van der Waals surface area contributed by atoms with Crippen molar-refractivity contribution in [2.75, 3.05) is 33.3 Å². The van der Waals surface area contributed by atoms with E-state index in [0.29, 0.717) is 0 Å². The van der Waals surface area contributed by atoms with Crippen LogP contribution in [0.4, 0.5) is 0 Å². The Balaban J connectivity index is 1.70. The Hall–Kier alpha value is -3.11. The third-order valence-electron chi connectivity index (χ3n) is 7.18. The Morgan fingerprint density at radius 1 is 0.941 bits per heavy atom. The SMILES string of the molecule is CCN(CC)C(=O)c1ccc(C2(c3cccc(OC)c3)CCCN(Cc3ccccc3)C2)cc1. The number of ether oxygens (including phenoxy) is 1. The number of carbonyl (C=O) groups is 1. The van der Waals surface area contributed by atoms with Crippen LogP contribution in [0, 0.1) is 0 Å². The van der Waals surface area contributed by atoms with E-state index in [1.165, 1.54) is 16.7 Å². The summed E-state index contributed by atoms with van der Waals surface area (Å²) in [5.74, 6) is 0.978. The summed E-state index contributed by atoms with van der Waals surface area (Å²) in [5, 5.41) is 0. The predicted octanol–water partition coefficient (Wildman–Crippen LogP) is 5.76. The first-order valence-corrected chi connectivity index (χ1v) is 12.4. The van der Waals surface area contributed by atoms with E-state index in [1.807, 2.05) is 36.9 Å². The van der Waals surface area contributed by atoms with E-state index < -0.39 is 0 Å². The van der Waals surface area contributed by atoms with Gasteiger partial charge in [-0.1, -0.05) is 54.6 Å². The molecule has 4 heteroatoms. The Labute approximate surface area is 204 Å². The minimum Gasteiger partial charge on any atom is -0.497 e. The Bertz CT molecular complexity index is 1080. The van der Waals surface area contributed by atoms with Crippen molar-refractivity contribution in [1.82, 2.24) is 9.80 Å². The fourth-order valence-corrected chi connectivity index (χ4v) is 5.30. The van der Waals surface area contributed by atoms with Crippen LogP contribution in [0.3, 0.4) is 0 Å². The number of nitrogens with zero attached hydrogens (tertiary/aromatic N) is 2. The van der Waals surface area contributed by atoms with Gasteiger partial charge in [0.05, 0.1) is 7.11 Å². The van der Waals surface area contributed by atoms with Crippen LogP contribution in [0.2, 0.25) is 0 Å². The number of hydrogen-bond acceptors (Lipinski definition) is 3. The molecule has 3 aromatic rings. The van der Waals surface area contributed by atoms with Gasteiger partial charge >= 0.3 is 0 Å². The van der Waals surface area contributed by atoms with Gasteiger partial charge in [0.2, 0.25) is 0 Å². The van der Waals surface area contributed by atoms with Gasteiger partial charge in [0, 0.05) is 37.2 Å². The van der Waals surface area contributed by atoms with E-state index in [1.54, 1.807) is 7.11 Å². The smallest absolute Gasteiger partial charge is 0.253 e. The van der Waals surface area contributed by atoms with Gasteiger partial charge in [-0.25, -0.2) is 0 Å². The molecule has 1 saturated heterocycles. The molecule has 1 amide bonds. The zero-order valence-corrected chi connectivity index (χ0v) is 20.7. The number of benzene rings is 3. The summed E-state index contributed by atoms with van der Waals surface area (Å²) in [6.07, 6.45) is 2.18.